The number of ketones is 1. The monoisotopic (exact) mass is 330 g/mol. The van der Waals surface area contributed by atoms with Crippen molar-refractivity contribution in [3.8, 4) is 0 Å². The highest BCUT2D eigenvalue weighted by Gasteiger charge is 2.39. The van der Waals surface area contributed by atoms with Gasteiger partial charge in [-0.3, -0.25) is 9.59 Å². The Morgan fingerprint density at radius 3 is 2.42 bits per heavy atom. The molecule has 2 rings (SSSR count). The summed E-state index contributed by atoms with van der Waals surface area (Å²) in [5.41, 5.74) is 1.01. The molecule has 0 aliphatic heterocycles. The lowest BCUT2D eigenvalue weighted by Gasteiger charge is -2.35. The van der Waals surface area contributed by atoms with Crippen LogP contribution in [0.4, 0.5) is 0 Å². The first-order chi connectivity index (χ1) is 11.6. The van der Waals surface area contributed by atoms with Gasteiger partial charge in [-0.2, -0.15) is 0 Å². The molecule has 130 valence electrons. The molecule has 0 unspecified atom stereocenters. The highest BCUT2D eigenvalue weighted by atomic mass is 16.5. The highest BCUT2D eigenvalue weighted by molar-refractivity contribution is 5.98. The normalized spacial score (nSPS) is 17.3. The van der Waals surface area contributed by atoms with Gasteiger partial charge in [0, 0.05) is 0 Å². The zero-order valence-electron chi connectivity index (χ0n) is 14.5. The van der Waals surface area contributed by atoms with Crippen molar-refractivity contribution in [3.05, 3.63) is 47.5 Å². The summed E-state index contributed by atoms with van der Waals surface area (Å²) >= 11 is 0. The maximum atomic E-state index is 12.9. The van der Waals surface area contributed by atoms with Crippen LogP contribution >= 0.6 is 0 Å². The molecule has 0 amide bonds. The summed E-state index contributed by atoms with van der Waals surface area (Å²) in [7, 11) is 1.35. The van der Waals surface area contributed by atoms with E-state index in [0.29, 0.717) is 12.2 Å². The van der Waals surface area contributed by atoms with E-state index in [1.54, 1.807) is 13.0 Å². The van der Waals surface area contributed by atoms with Crippen LogP contribution in [-0.4, -0.2) is 24.5 Å². The molecule has 0 aromatic heterocycles. The largest absolute Gasteiger partial charge is 0.469 e. The maximum absolute atomic E-state index is 12.9. The van der Waals surface area contributed by atoms with Crippen molar-refractivity contribution in [1.29, 1.82) is 0 Å². The molecule has 1 saturated carbocycles. The Hall–Kier alpha value is -1.94. The lowest BCUT2D eigenvalue weighted by atomic mass is 9.80. The third-order valence-electron chi connectivity index (χ3n) is 4.50. The second kappa shape index (κ2) is 8.78. The molecule has 1 aromatic carbocycles. The number of carbonyl (C=O) groups is 2. The number of methoxy groups -OCH3 is 1. The summed E-state index contributed by atoms with van der Waals surface area (Å²) in [6.07, 6.45) is 6.29. The molecular formula is C20H26O4. The van der Waals surface area contributed by atoms with Crippen molar-refractivity contribution in [2.45, 2.75) is 57.7 Å². The average molecular weight is 330 g/mol. The van der Waals surface area contributed by atoms with E-state index in [1.165, 1.54) is 7.11 Å². The van der Waals surface area contributed by atoms with Gasteiger partial charge < -0.3 is 9.47 Å². The van der Waals surface area contributed by atoms with Gasteiger partial charge in [-0.1, -0.05) is 55.2 Å². The van der Waals surface area contributed by atoms with Crippen molar-refractivity contribution in [2.75, 3.05) is 7.11 Å². The number of hydrogen-bond donors (Lipinski definition) is 0. The molecule has 0 saturated heterocycles. The number of ether oxygens (including phenoxy) is 2. The molecule has 1 aliphatic rings. The van der Waals surface area contributed by atoms with E-state index in [2.05, 4.69) is 4.74 Å². The topological polar surface area (TPSA) is 52.6 Å². The highest BCUT2D eigenvalue weighted by Crippen LogP contribution is 2.34. The van der Waals surface area contributed by atoms with Crippen LogP contribution in [0.15, 0.2) is 42.0 Å². The summed E-state index contributed by atoms with van der Waals surface area (Å²) in [6.45, 7) is 2.21. The van der Waals surface area contributed by atoms with E-state index < -0.39 is 5.60 Å². The predicted octanol–water partition coefficient (Wildman–Crippen LogP) is 3.98. The van der Waals surface area contributed by atoms with E-state index in [-0.39, 0.29) is 18.2 Å². The minimum Gasteiger partial charge on any atom is -0.469 e. The fourth-order valence-corrected chi connectivity index (χ4v) is 3.09. The van der Waals surface area contributed by atoms with Gasteiger partial charge in [-0.25, -0.2) is 0 Å². The number of carbonyl (C=O) groups excluding carboxylic acids is 2. The SMILES string of the molecule is COC(=O)C/C(C)=C\C(=O)C1(OCc2ccccc2)CCCCC1. The fourth-order valence-electron chi connectivity index (χ4n) is 3.09. The minimum absolute atomic E-state index is 0.0282. The van der Waals surface area contributed by atoms with Crippen LogP contribution in [-0.2, 0) is 25.7 Å². The first-order valence-corrected chi connectivity index (χ1v) is 8.52. The summed E-state index contributed by atoms with van der Waals surface area (Å²) in [5.74, 6) is -0.362. The molecule has 4 heteroatoms. The molecule has 0 radical (unpaired) electrons. The standard InChI is InChI=1S/C20H26O4/c1-16(14-19(22)23-2)13-18(21)20(11-7-4-8-12-20)24-15-17-9-5-3-6-10-17/h3,5-6,9-10,13H,4,7-8,11-12,14-15H2,1-2H3/b16-13-. The van der Waals surface area contributed by atoms with Gasteiger partial charge in [0.2, 0.25) is 0 Å². The average Bonchev–Trinajstić information content (AvgIpc) is 2.61. The minimum atomic E-state index is -0.758. The summed E-state index contributed by atoms with van der Waals surface area (Å²) in [5, 5.41) is 0. The van der Waals surface area contributed by atoms with Gasteiger partial charge in [0.1, 0.15) is 5.60 Å². The van der Waals surface area contributed by atoms with Crippen molar-refractivity contribution >= 4 is 11.8 Å². The van der Waals surface area contributed by atoms with Gasteiger partial charge in [0.15, 0.2) is 5.78 Å². The smallest absolute Gasteiger partial charge is 0.309 e. The van der Waals surface area contributed by atoms with Crippen molar-refractivity contribution < 1.29 is 19.1 Å². The van der Waals surface area contributed by atoms with Crippen LogP contribution in [0.2, 0.25) is 0 Å². The van der Waals surface area contributed by atoms with E-state index in [1.807, 2.05) is 30.3 Å². The van der Waals surface area contributed by atoms with Crippen molar-refractivity contribution in [3.63, 3.8) is 0 Å². The molecule has 4 nitrogen and oxygen atoms in total. The van der Waals surface area contributed by atoms with Gasteiger partial charge in [-0.15, -0.1) is 0 Å². The molecule has 0 bridgehead atoms. The molecule has 0 spiro atoms. The number of benzene rings is 1. The predicted molar refractivity (Wildman–Crippen MR) is 92.4 cm³/mol. The maximum Gasteiger partial charge on any atom is 0.309 e. The van der Waals surface area contributed by atoms with Gasteiger partial charge in [0.05, 0.1) is 20.1 Å². The molecule has 1 fully saturated rings. The van der Waals surface area contributed by atoms with Crippen LogP contribution < -0.4 is 0 Å². The molecule has 0 atom stereocenters. The Morgan fingerprint density at radius 2 is 1.79 bits per heavy atom. The van der Waals surface area contributed by atoms with Crippen LogP contribution in [0.5, 0.6) is 0 Å². The number of rotatable bonds is 7. The van der Waals surface area contributed by atoms with Crippen molar-refractivity contribution in [2.24, 2.45) is 0 Å². The van der Waals surface area contributed by atoms with E-state index in [9.17, 15) is 9.59 Å². The molecule has 0 heterocycles. The Bertz CT molecular complexity index is 583. The first-order valence-electron chi connectivity index (χ1n) is 8.52. The van der Waals surface area contributed by atoms with Crippen LogP contribution in [0, 0.1) is 0 Å². The second-order valence-electron chi connectivity index (χ2n) is 6.44. The zero-order chi connectivity index (χ0) is 17.4. The molecule has 0 N–H and O–H groups in total. The number of hydrogen-bond acceptors (Lipinski definition) is 4. The lowest BCUT2D eigenvalue weighted by molar-refractivity contribution is -0.146. The Balaban J connectivity index is 2.09. The first kappa shape index (κ1) is 18.4. The zero-order valence-corrected chi connectivity index (χ0v) is 14.5. The van der Waals surface area contributed by atoms with E-state index >= 15 is 0 Å². The van der Waals surface area contributed by atoms with Gasteiger partial charge >= 0.3 is 5.97 Å². The van der Waals surface area contributed by atoms with Crippen LogP contribution in [0.1, 0.15) is 51.0 Å². The number of esters is 1. The van der Waals surface area contributed by atoms with E-state index in [4.69, 9.17) is 4.74 Å². The van der Waals surface area contributed by atoms with Crippen molar-refractivity contribution in [1.82, 2.24) is 0 Å². The summed E-state index contributed by atoms with van der Waals surface area (Å²) in [6, 6.07) is 9.89. The fraction of sp³-hybridized carbons (Fsp3) is 0.500. The second-order valence-corrected chi connectivity index (χ2v) is 6.44. The Labute approximate surface area is 143 Å². The summed E-state index contributed by atoms with van der Waals surface area (Å²) < 4.78 is 10.8. The molecule has 24 heavy (non-hydrogen) atoms. The Morgan fingerprint density at radius 1 is 1.12 bits per heavy atom. The molecular weight excluding hydrogens is 304 g/mol. The molecule has 1 aromatic rings. The third-order valence-corrected chi connectivity index (χ3v) is 4.50. The van der Waals surface area contributed by atoms with Gasteiger partial charge in [-0.05, 0) is 31.4 Å². The summed E-state index contributed by atoms with van der Waals surface area (Å²) in [4.78, 5) is 24.2. The quantitative estimate of drug-likeness (QED) is 0.560. The van der Waals surface area contributed by atoms with Crippen LogP contribution in [0.3, 0.4) is 0 Å². The van der Waals surface area contributed by atoms with E-state index in [0.717, 1.165) is 37.7 Å². The third kappa shape index (κ3) is 5.03. The Kier molecular flexibility index (Phi) is 6.73. The molecule has 1 aliphatic carbocycles. The van der Waals surface area contributed by atoms with Crippen LogP contribution in [0.25, 0.3) is 0 Å². The lowest BCUT2D eigenvalue weighted by Crippen LogP contribution is -2.42. The van der Waals surface area contributed by atoms with Gasteiger partial charge in [0.25, 0.3) is 0 Å².